The van der Waals surface area contributed by atoms with Gasteiger partial charge in [0.2, 0.25) is 5.24 Å². The van der Waals surface area contributed by atoms with Crippen LogP contribution in [0.15, 0.2) is 10.5 Å². The van der Waals surface area contributed by atoms with Crippen molar-refractivity contribution in [2.75, 3.05) is 6.26 Å². The van der Waals surface area contributed by atoms with Crippen molar-refractivity contribution < 1.29 is 4.79 Å². The first-order valence-corrected chi connectivity index (χ1v) is 6.58. The highest BCUT2D eigenvalue weighted by molar-refractivity contribution is 8.02. The number of rotatable bonds is 3. The van der Waals surface area contributed by atoms with Gasteiger partial charge in [-0.3, -0.25) is 4.79 Å². The first-order chi connectivity index (χ1) is 6.55. The van der Waals surface area contributed by atoms with Gasteiger partial charge in [-0.25, -0.2) is 0 Å². The van der Waals surface area contributed by atoms with Crippen LogP contribution in [0.5, 0.6) is 0 Å². The van der Waals surface area contributed by atoms with Gasteiger partial charge < -0.3 is 0 Å². The van der Waals surface area contributed by atoms with E-state index in [1.54, 1.807) is 11.8 Å². The van der Waals surface area contributed by atoms with Gasteiger partial charge >= 0.3 is 0 Å². The Labute approximate surface area is 95.3 Å². The zero-order valence-corrected chi connectivity index (χ0v) is 10.6. The van der Waals surface area contributed by atoms with Crippen LogP contribution in [0.1, 0.15) is 39.5 Å². The van der Waals surface area contributed by atoms with Crippen LogP contribution in [0.3, 0.4) is 0 Å². The summed E-state index contributed by atoms with van der Waals surface area (Å²) in [5.41, 5.74) is 1.15. The van der Waals surface area contributed by atoms with Crippen LogP contribution < -0.4 is 0 Å². The Bertz CT molecular complexity index is 272. The van der Waals surface area contributed by atoms with Crippen LogP contribution in [0.2, 0.25) is 0 Å². The molecule has 0 aromatic carbocycles. The van der Waals surface area contributed by atoms with Crippen LogP contribution in [0.4, 0.5) is 0 Å². The SMILES string of the molecule is CCC1(C(=O)Cl)CCC(C)=C(SC)C1. The lowest BCUT2D eigenvalue weighted by atomic mass is 9.74. The molecule has 80 valence electrons. The quantitative estimate of drug-likeness (QED) is 0.685. The Morgan fingerprint density at radius 1 is 1.64 bits per heavy atom. The molecule has 1 unspecified atom stereocenters. The summed E-state index contributed by atoms with van der Waals surface area (Å²) >= 11 is 7.47. The summed E-state index contributed by atoms with van der Waals surface area (Å²) in [4.78, 5) is 12.8. The second kappa shape index (κ2) is 4.71. The second-order valence-electron chi connectivity index (χ2n) is 3.99. The van der Waals surface area contributed by atoms with Gasteiger partial charge in [-0.2, -0.15) is 0 Å². The minimum atomic E-state index is -0.278. The molecular weight excluding hydrogens is 216 g/mol. The molecule has 0 heterocycles. The number of hydrogen-bond acceptors (Lipinski definition) is 2. The molecule has 0 saturated heterocycles. The molecule has 1 nitrogen and oxygen atoms in total. The van der Waals surface area contributed by atoms with E-state index in [1.807, 2.05) is 0 Å². The van der Waals surface area contributed by atoms with Crippen molar-refractivity contribution in [2.45, 2.75) is 39.5 Å². The van der Waals surface area contributed by atoms with E-state index in [-0.39, 0.29) is 10.7 Å². The van der Waals surface area contributed by atoms with Gasteiger partial charge in [0.1, 0.15) is 0 Å². The number of carbonyl (C=O) groups is 1. The van der Waals surface area contributed by atoms with Crippen molar-refractivity contribution in [3.63, 3.8) is 0 Å². The van der Waals surface area contributed by atoms with Gasteiger partial charge in [-0.15, -0.1) is 11.8 Å². The smallest absolute Gasteiger partial charge is 0.228 e. The number of halogens is 1. The van der Waals surface area contributed by atoms with Crippen molar-refractivity contribution in [2.24, 2.45) is 5.41 Å². The van der Waals surface area contributed by atoms with E-state index in [2.05, 4.69) is 20.1 Å². The highest BCUT2D eigenvalue weighted by Gasteiger charge is 2.38. The van der Waals surface area contributed by atoms with E-state index in [9.17, 15) is 4.79 Å². The summed E-state index contributed by atoms with van der Waals surface area (Å²) < 4.78 is 0. The molecule has 1 rings (SSSR count). The summed E-state index contributed by atoms with van der Waals surface area (Å²) in [6.45, 7) is 4.21. The van der Waals surface area contributed by atoms with E-state index in [0.717, 1.165) is 25.7 Å². The van der Waals surface area contributed by atoms with E-state index in [0.29, 0.717) is 0 Å². The lowest BCUT2D eigenvalue weighted by Gasteiger charge is -2.34. The molecular formula is C11H17ClOS. The monoisotopic (exact) mass is 232 g/mol. The van der Waals surface area contributed by atoms with E-state index < -0.39 is 0 Å². The van der Waals surface area contributed by atoms with Crippen molar-refractivity contribution in [3.05, 3.63) is 10.5 Å². The third kappa shape index (κ3) is 2.17. The van der Waals surface area contributed by atoms with Crippen LogP contribution in [0.25, 0.3) is 0 Å². The average Bonchev–Trinajstić information content (AvgIpc) is 2.18. The maximum atomic E-state index is 11.5. The maximum Gasteiger partial charge on any atom is 0.228 e. The fourth-order valence-electron chi connectivity index (χ4n) is 1.97. The van der Waals surface area contributed by atoms with Crippen LogP contribution in [-0.2, 0) is 4.79 Å². The second-order valence-corrected chi connectivity index (χ2v) is 5.24. The molecule has 0 aliphatic heterocycles. The largest absolute Gasteiger partial charge is 0.281 e. The topological polar surface area (TPSA) is 17.1 Å². The Morgan fingerprint density at radius 3 is 2.71 bits per heavy atom. The summed E-state index contributed by atoms with van der Waals surface area (Å²) in [5, 5.41) is -0.154. The van der Waals surface area contributed by atoms with Crippen molar-refractivity contribution in [1.82, 2.24) is 0 Å². The predicted molar refractivity (Wildman–Crippen MR) is 63.7 cm³/mol. The molecule has 1 aliphatic rings. The first-order valence-electron chi connectivity index (χ1n) is 4.98. The molecule has 1 atom stereocenters. The number of thioether (sulfide) groups is 1. The molecule has 3 heteroatoms. The molecule has 0 N–H and O–H groups in total. The summed E-state index contributed by atoms with van der Waals surface area (Å²) in [6, 6.07) is 0. The summed E-state index contributed by atoms with van der Waals surface area (Å²) in [7, 11) is 0. The van der Waals surface area contributed by atoms with E-state index in [4.69, 9.17) is 11.6 Å². The van der Waals surface area contributed by atoms with Crippen molar-refractivity contribution in [3.8, 4) is 0 Å². The Balaban J connectivity index is 2.92. The molecule has 0 bridgehead atoms. The zero-order valence-electron chi connectivity index (χ0n) is 9.02. The number of carbonyl (C=O) groups excluding carboxylic acids is 1. The molecule has 0 saturated carbocycles. The molecule has 0 fully saturated rings. The summed E-state index contributed by atoms with van der Waals surface area (Å²) in [6.07, 6.45) is 5.71. The average molecular weight is 233 g/mol. The van der Waals surface area contributed by atoms with Gasteiger partial charge in [0.15, 0.2) is 0 Å². The Kier molecular flexibility index (Phi) is 4.08. The lowest BCUT2D eigenvalue weighted by molar-refractivity contribution is -0.121. The van der Waals surface area contributed by atoms with Gasteiger partial charge in [-0.1, -0.05) is 12.5 Å². The highest BCUT2D eigenvalue weighted by atomic mass is 35.5. The first kappa shape index (κ1) is 12.1. The van der Waals surface area contributed by atoms with Crippen LogP contribution in [0, 0.1) is 5.41 Å². The van der Waals surface area contributed by atoms with Gasteiger partial charge in [0.05, 0.1) is 0 Å². The van der Waals surface area contributed by atoms with Crippen molar-refractivity contribution in [1.29, 1.82) is 0 Å². The molecule has 0 radical (unpaired) electrons. The van der Waals surface area contributed by atoms with E-state index >= 15 is 0 Å². The standard InChI is InChI=1S/C11H17ClOS/c1-4-11(10(12)13)6-5-8(2)9(7-11)14-3/h4-7H2,1-3H3. The minimum absolute atomic E-state index is 0.154. The van der Waals surface area contributed by atoms with Gasteiger partial charge in [0, 0.05) is 5.41 Å². The highest BCUT2D eigenvalue weighted by Crippen LogP contribution is 2.46. The minimum Gasteiger partial charge on any atom is -0.281 e. The number of allylic oxidation sites excluding steroid dienone is 2. The van der Waals surface area contributed by atoms with Crippen LogP contribution in [-0.4, -0.2) is 11.5 Å². The zero-order chi connectivity index (χ0) is 10.8. The van der Waals surface area contributed by atoms with Crippen molar-refractivity contribution >= 4 is 28.6 Å². The Morgan fingerprint density at radius 2 is 2.29 bits per heavy atom. The van der Waals surface area contributed by atoms with Gasteiger partial charge in [0.25, 0.3) is 0 Å². The third-order valence-corrected chi connectivity index (χ3v) is 4.68. The number of hydrogen-bond donors (Lipinski definition) is 0. The Hall–Kier alpha value is 0.0500. The molecule has 0 spiro atoms. The third-order valence-electron chi connectivity index (χ3n) is 3.29. The summed E-state index contributed by atoms with van der Waals surface area (Å²) in [5.74, 6) is 0. The molecule has 1 aliphatic carbocycles. The molecule has 0 aromatic rings. The molecule has 14 heavy (non-hydrogen) atoms. The van der Waals surface area contributed by atoms with E-state index in [1.165, 1.54) is 10.5 Å². The fourth-order valence-corrected chi connectivity index (χ4v) is 3.13. The van der Waals surface area contributed by atoms with Crippen LogP contribution >= 0.6 is 23.4 Å². The van der Waals surface area contributed by atoms with Gasteiger partial charge in [-0.05, 0) is 55.4 Å². The fraction of sp³-hybridized carbons (Fsp3) is 0.727. The molecule has 0 aromatic heterocycles. The predicted octanol–water partition coefficient (Wildman–Crippen LogP) is 3.97. The molecule has 0 amide bonds. The maximum absolute atomic E-state index is 11.5. The lowest BCUT2D eigenvalue weighted by Crippen LogP contribution is -2.30. The normalized spacial score (nSPS) is 28.0.